The van der Waals surface area contributed by atoms with Crippen LogP contribution in [0.2, 0.25) is 6.04 Å². The Labute approximate surface area is 173 Å². The van der Waals surface area contributed by atoms with Crippen LogP contribution >= 0.6 is 0 Å². The molecule has 0 aliphatic heterocycles. The fourth-order valence-corrected chi connectivity index (χ4v) is 5.66. The van der Waals surface area contributed by atoms with E-state index in [9.17, 15) is 4.39 Å². The first kappa shape index (κ1) is 19.9. The van der Waals surface area contributed by atoms with Gasteiger partial charge in [-0.05, 0) is 72.1 Å². The minimum Gasteiger partial charge on any atom is -0.206 e. The summed E-state index contributed by atoms with van der Waals surface area (Å²) in [6.45, 7) is 2.33. The summed E-state index contributed by atoms with van der Waals surface area (Å²) in [6.07, 6.45) is 10.1. The maximum atomic E-state index is 14.9. The Balaban J connectivity index is 1.45. The lowest BCUT2D eigenvalue weighted by molar-refractivity contribution is 0.347. The average molecular weight is 392 g/mol. The predicted octanol–water partition coefficient (Wildman–Crippen LogP) is 7.65. The Bertz CT molecular complexity index is 766. The van der Waals surface area contributed by atoms with E-state index >= 15 is 0 Å². The molecule has 4 rings (SSSR count). The molecule has 0 nitrogen and oxygen atoms in total. The molecule has 0 spiro atoms. The molecule has 0 heterocycles. The summed E-state index contributed by atoms with van der Waals surface area (Å²) < 4.78 is 14.9. The van der Waals surface area contributed by atoms with Crippen LogP contribution in [0, 0.1) is 17.7 Å². The van der Waals surface area contributed by atoms with E-state index in [1.54, 1.807) is 6.07 Å². The van der Waals surface area contributed by atoms with E-state index in [-0.39, 0.29) is 5.82 Å². The Morgan fingerprint density at radius 3 is 1.96 bits per heavy atom. The molecule has 2 aromatic rings. The van der Waals surface area contributed by atoms with E-state index < -0.39 is 0 Å². The first-order chi connectivity index (χ1) is 13.6. The summed E-state index contributed by atoms with van der Waals surface area (Å²) in [7, 11) is 3.68. The molecular weight excluding hydrogens is 359 g/mol. The van der Waals surface area contributed by atoms with Crippen molar-refractivity contribution in [2.75, 3.05) is 0 Å². The lowest BCUT2D eigenvalue weighted by Gasteiger charge is -2.28. The lowest BCUT2D eigenvalue weighted by Crippen LogP contribution is -2.12. The van der Waals surface area contributed by atoms with Gasteiger partial charge in [0.25, 0.3) is 0 Å². The number of hydrogen-bond acceptors (Lipinski definition) is 0. The van der Waals surface area contributed by atoms with Crippen LogP contribution in [0.1, 0.15) is 81.3 Å². The monoisotopic (exact) mass is 391 g/mol. The molecular formula is C26H32FSi. The summed E-state index contributed by atoms with van der Waals surface area (Å²) in [5.74, 6) is 2.81. The summed E-state index contributed by atoms with van der Waals surface area (Å²) in [5, 5.41) is 0. The SMILES string of the molecule is CC1CCC(c2ccc(-c3ccc(C4CCC(C[Si])CC4)cc3)c(F)c2)CC1. The van der Waals surface area contributed by atoms with Gasteiger partial charge >= 0.3 is 0 Å². The zero-order valence-corrected chi connectivity index (χ0v) is 18.1. The standard InChI is InChI=1S/C26H32FSi/c1-18-2-6-22(7-3-18)24-14-15-25(26(27)16-24)23-12-10-21(11-13-23)20-8-4-19(17-28)5-9-20/h10-16,18-20,22H,2-9,17H2,1H3. The zero-order valence-electron chi connectivity index (χ0n) is 17.1. The summed E-state index contributed by atoms with van der Waals surface area (Å²) in [5.41, 5.74) is 4.35. The third-order valence-electron chi connectivity index (χ3n) is 7.31. The number of rotatable bonds is 4. The molecule has 0 aromatic heterocycles. The number of hydrogen-bond donors (Lipinski definition) is 0. The Morgan fingerprint density at radius 1 is 0.786 bits per heavy atom. The van der Waals surface area contributed by atoms with Crippen LogP contribution in [0.25, 0.3) is 11.1 Å². The Kier molecular flexibility index (Phi) is 6.35. The highest BCUT2D eigenvalue weighted by molar-refractivity contribution is 6.08. The van der Waals surface area contributed by atoms with Crippen molar-refractivity contribution in [1.29, 1.82) is 0 Å². The summed E-state index contributed by atoms with van der Waals surface area (Å²) in [4.78, 5) is 0. The number of benzene rings is 2. The third-order valence-corrected chi connectivity index (χ3v) is 7.89. The van der Waals surface area contributed by atoms with E-state index in [2.05, 4.69) is 47.5 Å². The molecule has 2 fully saturated rings. The van der Waals surface area contributed by atoms with Crippen molar-refractivity contribution in [3.8, 4) is 11.1 Å². The molecule has 0 atom stereocenters. The van der Waals surface area contributed by atoms with Crippen molar-refractivity contribution < 1.29 is 4.39 Å². The molecule has 0 saturated heterocycles. The van der Waals surface area contributed by atoms with Crippen molar-refractivity contribution in [2.45, 2.75) is 76.2 Å². The third kappa shape index (κ3) is 4.43. The molecule has 2 saturated carbocycles. The maximum absolute atomic E-state index is 14.9. The van der Waals surface area contributed by atoms with Crippen LogP contribution in [0.4, 0.5) is 4.39 Å². The highest BCUT2D eigenvalue weighted by Crippen LogP contribution is 2.39. The topological polar surface area (TPSA) is 0 Å². The molecule has 0 amide bonds. The van der Waals surface area contributed by atoms with Crippen molar-refractivity contribution in [1.82, 2.24) is 0 Å². The molecule has 0 N–H and O–H groups in total. The van der Waals surface area contributed by atoms with Crippen molar-refractivity contribution in [3.63, 3.8) is 0 Å². The maximum Gasteiger partial charge on any atom is 0.131 e. The fourth-order valence-electron chi connectivity index (χ4n) is 5.25. The molecule has 0 bridgehead atoms. The van der Waals surface area contributed by atoms with E-state index in [0.29, 0.717) is 11.8 Å². The number of halogens is 1. The average Bonchev–Trinajstić information content (AvgIpc) is 2.74. The van der Waals surface area contributed by atoms with Gasteiger partial charge in [0.2, 0.25) is 0 Å². The summed E-state index contributed by atoms with van der Waals surface area (Å²) in [6, 6.07) is 15.8. The normalized spacial score (nSPS) is 28.2. The molecule has 147 valence electrons. The van der Waals surface area contributed by atoms with Crippen LogP contribution in [0.15, 0.2) is 42.5 Å². The highest BCUT2D eigenvalue weighted by Gasteiger charge is 2.22. The van der Waals surface area contributed by atoms with Crippen LogP contribution in [-0.4, -0.2) is 10.2 Å². The minimum atomic E-state index is -0.0681. The van der Waals surface area contributed by atoms with Crippen LogP contribution in [0.3, 0.4) is 0 Å². The van der Waals surface area contributed by atoms with Gasteiger partial charge in [0.15, 0.2) is 0 Å². The van der Waals surface area contributed by atoms with Crippen molar-refractivity contribution in [3.05, 3.63) is 59.4 Å². The van der Waals surface area contributed by atoms with E-state index in [0.717, 1.165) is 29.0 Å². The Hall–Kier alpha value is -1.41. The molecule has 28 heavy (non-hydrogen) atoms. The lowest BCUT2D eigenvalue weighted by atomic mass is 9.78. The minimum absolute atomic E-state index is 0.0681. The second-order valence-electron chi connectivity index (χ2n) is 9.24. The van der Waals surface area contributed by atoms with E-state index in [1.165, 1.54) is 62.5 Å². The smallest absolute Gasteiger partial charge is 0.131 e. The van der Waals surface area contributed by atoms with Crippen LogP contribution in [0.5, 0.6) is 0 Å². The molecule has 0 unspecified atom stereocenters. The Morgan fingerprint density at radius 2 is 1.36 bits per heavy atom. The van der Waals surface area contributed by atoms with Gasteiger partial charge in [0.1, 0.15) is 5.82 Å². The van der Waals surface area contributed by atoms with Gasteiger partial charge in [-0.1, -0.05) is 75.0 Å². The first-order valence-electron chi connectivity index (χ1n) is 11.2. The second-order valence-corrected chi connectivity index (χ2v) is 9.65. The highest BCUT2D eigenvalue weighted by atomic mass is 28.1. The van der Waals surface area contributed by atoms with Crippen LogP contribution < -0.4 is 0 Å². The second kappa shape index (κ2) is 8.94. The van der Waals surface area contributed by atoms with E-state index in [4.69, 9.17) is 0 Å². The van der Waals surface area contributed by atoms with Gasteiger partial charge in [-0.25, -0.2) is 4.39 Å². The zero-order chi connectivity index (χ0) is 19.5. The van der Waals surface area contributed by atoms with Gasteiger partial charge in [-0.15, -0.1) is 0 Å². The van der Waals surface area contributed by atoms with E-state index in [1.807, 2.05) is 6.07 Å². The first-order valence-corrected chi connectivity index (χ1v) is 11.9. The molecule has 2 aromatic carbocycles. The van der Waals surface area contributed by atoms with Gasteiger partial charge in [0, 0.05) is 15.8 Å². The van der Waals surface area contributed by atoms with Gasteiger partial charge in [0.05, 0.1) is 0 Å². The quantitative estimate of drug-likeness (QED) is 0.470. The van der Waals surface area contributed by atoms with Gasteiger partial charge in [-0.3, -0.25) is 0 Å². The molecule has 2 heteroatoms. The van der Waals surface area contributed by atoms with Crippen molar-refractivity contribution in [2.24, 2.45) is 11.8 Å². The van der Waals surface area contributed by atoms with Gasteiger partial charge < -0.3 is 0 Å². The predicted molar refractivity (Wildman–Crippen MR) is 117 cm³/mol. The van der Waals surface area contributed by atoms with Gasteiger partial charge in [-0.2, -0.15) is 0 Å². The van der Waals surface area contributed by atoms with Crippen molar-refractivity contribution >= 4 is 10.2 Å². The summed E-state index contributed by atoms with van der Waals surface area (Å²) >= 11 is 0. The fraction of sp³-hybridized carbons (Fsp3) is 0.538. The molecule has 2 aliphatic carbocycles. The molecule has 2 aliphatic rings. The largest absolute Gasteiger partial charge is 0.206 e. The van der Waals surface area contributed by atoms with Crippen LogP contribution in [-0.2, 0) is 0 Å². The molecule has 3 radical (unpaired) electrons.